The second-order valence-corrected chi connectivity index (χ2v) is 5.44. The zero-order valence-electron chi connectivity index (χ0n) is 11.0. The van der Waals surface area contributed by atoms with Gasteiger partial charge in [0.2, 0.25) is 0 Å². The molecule has 104 valence electrons. The fourth-order valence-electron chi connectivity index (χ4n) is 2.08. The topological polar surface area (TPSA) is 58.0 Å². The SMILES string of the molecule is OC(CNc1cc(Cl)nc(-c2ccccc2)n1)C1CC1. The summed E-state index contributed by atoms with van der Waals surface area (Å²) in [5.74, 6) is 1.67. The third-order valence-corrected chi connectivity index (χ3v) is 3.58. The molecule has 1 saturated carbocycles. The molecule has 1 unspecified atom stereocenters. The highest BCUT2D eigenvalue weighted by Crippen LogP contribution is 2.32. The van der Waals surface area contributed by atoms with Crippen LogP contribution in [0.4, 0.5) is 5.82 Å². The summed E-state index contributed by atoms with van der Waals surface area (Å²) < 4.78 is 0. The second kappa shape index (κ2) is 5.77. The summed E-state index contributed by atoms with van der Waals surface area (Å²) in [5.41, 5.74) is 0.917. The monoisotopic (exact) mass is 289 g/mol. The predicted octanol–water partition coefficient (Wildman–Crippen LogP) is 2.98. The van der Waals surface area contributed by atoms with Crippen molar-refractivity contribution in [1.29, 1.82) is 0 Å². The van der Waals surface area contributed by atoms with Gasteiger partial charge in [-0.3, -0.25) is 0 Å². The van der Waals surface area contributed by atoms with Crippen molar-refractivity contribution in [3.05, 3.63) is 41.6 Å². The Hall–Kier alpha value is -1.65. The summed E-state index contributed by atoms with van der Waals surface area (Å²) in [4.78, 5) is 8.67. The molecule has 1 atom stereocenters. The highest BCUT2D eigenvalue weighted by Gasteiger charge is 2.29. The third-order valence-electron chi connectivity index (χ3n) is 3.39. The zero-order valence-corrected chi connectivity index (χ0v) is 11.7. The molecular weight excluding hydrogens is 274 g/mol. The van der Waals surface area contributed by atoms with E-state index in [1.165, 1.54) is 0 Å². The van der Waals surface area contributed by atoms with Crippen LogP contribution in [-0.2, 0) is 0 Å². The lowest BCUT2D eigenvalue weighted by Gasteiger charge is -2.12. The van der Waals surface area contributed by atoms with Crippen molar-refractivity contribution < 1.29 is 5.11 Å². The molecule has 3 rings (SSSR count). The number of aliphatic hydroxyl groups is 1. The van der Waals surface area contributed by atoms with Crippen LogP contribution in [-0.4, -0.2) is 27.7 Å². The fourth-order valence-corrected chi connectivity index (χ4v) is 2.26. The van der Waals surface area contributed by atoms with Crippen molar-refractivity contribution in [2.24, 2.45) is 5.92 Å². The summed E-state index contributed by atoms with van der Waals surface area (Å²) in [7, 11) is 0. The van der Waals surface area contributed by atoms with Gasteiger partial charge >= 0.3 is 0 Å². The lowest BCUT2D eigenvalue weighted by Crippen LogP contribution is -2.21. The first-order valence-corrected chi connectivity index (χ1v) is 7.12. The number of aliphatic hydroxyl groups excluding tert-OH is 1. The van der Waals surface area contributed by atoms with E-state index in [0.29, 0.717) is 29.3 Å². The van der Waals surface area contributed by atoms with Crippen LogP contribution in [0.2, 0.25) is 5.15 Å². The van der Waals surface area contributed by atoms with E-state index >= 15 is 0 Å². The second-order valence-electron chi connectivity index (χ2n) is 5.05. The Kier molecular flexibility index (Phi) is 3.85. The Labute approximate surface area is 122 Å². The highest BCUT2D eigenvalue weighted by atomic mass is 35.5. The van der Waals surface area contributed by atoms with Gasteiger partial charge in [0.25, 0.3) is 0 Å². The molecular formula is C15H16ClN3O. The van der Waals surface area contributed by atoms with Gasteiger partial charge in [0.1, 0.15) is 11.0 Å². The maximum atomic E-state index is 9.87. The molecule has 4 nitrogen and oxygen atoms in total. The minimum Gasteiger partial charge on any atom is -0.391 e. The molecule has 1 aromatic heterocycles. The van der Waals surface area contributed by atoms with E-state index in [1.54, 1.807) is 6.07 Å². The van der Waals surface area contributed by atoms with Crippen LogP contribution < -0.4 is 5.32 Å². The number of nitrogens with zero attached hydrogens (tertiary/aromatic N) is 2. The van der Waals surface area contributed by atoms with Gasteiger partial charge in [-0.05, 0) is 18.8 Å². The summed E-state index contributed by atoms with van der Waals surface area (Å²) in [6.45, 7) is 0.492. The number of rotatable bonds is 5. The molecule has 1 aliphatic carbocycles. The number of hydrogen-bond acceptors (Lipinski definition) is 4. The number of hydrogen-bond donors (Lipinski definition) is 2. The van der Waals surface area contributed by atoms with Gasteiger partial charge in [0.05, 0.1) is 6.10 Å². The van der Waals surface area contributed by atoms with Crippen LogP contribution in [0.5, 0.6) is 0 Å². The van der Waals surface area contributed by atoms with Gasteiger partial charge in [-0.15, -0.1) is 0 Å². The Morgan fingerprint density at radius 1 is 1.25 bits per heavy atom. The zero-order chi connectivity index (χ0) is 13.9. The summed E-state index contributed by atoms with van der Waals surface area (Å²) in [5, 5.41) is 13.4. The molecule has 0 aliphatic heterocycles. The first-order valence-electron chi connectivity index (χ1n) is 6.74. The van der Waals surface area contributed by atoms with E-state index in [2.05, 4.69) is 15.3 Å². The maximum Gasteiger partial charge on any atom is 0.163 e. The van der Waals surface area contributed by atoms with Crippen molar-refractivity contribution >= 4 is 17.4 Å². The quantitative estimate of drug-likeness (QED) is 0.831. The molecule has 5 heteroatoms. The van der Waals surface area contributed by atoms with Crippen molar-refractivity contribution in [1.82, 2.24) is 9.97 Å². The molecule has 2 aromatic rings. The molecule has 1 aromatic carbocycles. The van der Waals surface area contributed by atoms with Gasteiger partial charge in [0, 0.05) is 18.2 Å². The minimum absolute atomic E-state index is 0.316. The van der Waals surface area contributed by atoms with Crippen molar-refractivity contribution in [3.63, 3.8) is 0 Å². The molecule has 0 bridgehead atoms. The number of benzene rings is 1. The Morgan fingerprint density at radius 2 is 2.00 bits per heavy atom. The largest absolute Gasteiger partial charge is 0.391 e. The lowest BCUT2D eigenvalue weighted by molar-refractivity contribution is 0.164. The van der Waals surface area contributed by atoms with E-state index < -0.39 is 0 Å². The van der Waals surface area contributed by atoms with E-state index in [9.17, 15) is 5.11 Å². The van der Waals surface area contributed by atoms with Crippen molar-refractivity contribution in [2.75, 3.05) is 11.9 Å². The predicted molar refractivity (Wildman–Crippen MR) is 79.7 cm³/mol. The summed E-state index contributed by atoms with van der Waals surface area (Å²) in [6, 6.07) is 11.4. The van der Waals surface area contributed by atoms with E-state index in [-0.39, 0.29) is 6.10 Å². The normalized spacial score (nSPS) is 15.9. The van der Waals surface area contributed by atoms with Gasteiger partial charge in [-0.25, -0.2) is 9.97 Å². The van der Waals surface area contributed by atoms with Gasteiger partial charge in [0.15, 0.2) is 5.82 Å². The molecule has 1 aliphatic rings. The first kappa shape index (κ1) is 13.3. The molecule has 1 heterocycles. The smallest absolute Gasteiger partial charge is 0.163 e. The van der Waals surface area contributed by atoms with Crippen LogP contribution in [0.25, 0.3) is 11.4 Å². The number of halogens is 1. The Morgan fingerprint density at radius 3 is 2.70 bits per heavy atom. The number of anilines is 1. The van der Waals surface area contributed by atoms with Crippen LogP contribution in [0.1, 0.15) is 12.8 Å². The third kappa shape index (κ3) is 3.26. The lowest BCUT2D eigenvalue weighted by atomic mass is 10.2. The number of aromatic nitrogens is 2. The average molecular weight is 290 g/mol. The molecule has 0 amide bonds. The van der Waals surface area contributed by atoms with Crippen LogP contribution in [0, 0.1) is 5.92 Å². The highest BCUT2D eigenvalue weighted by molar-refractivity contribution is 6.29. The van der Waals surface area contributed by atoms with Crippen molar-refractivity contribution in [2.45, 2.75) is 18.9 Å². The molecule has 1 fully saturated rings. The van der Waals surface area contributed by atoms with E-state index in [1.807, 2.05) is 30.3 Å². The summed E-state index contributed by atoms with van der Waals surface area (Å²) >= 11 is 6.04. The van der Waals surface area contributed by atoms with Gasteiger partial charge in [-0.2, -0.15) is 0 Å². The van der Waals surface area contributed by atoms with E-state index in [4.69, 9.17) is 11.6 Å². The minimum atomic E-state index is -0.316. The summed E-state index contributed by atoms with van der Waals surface area (Å²) in [6.07, 6.45) is 1.91. The van der Waals surface area contributed by atoms with E-state index in [0.717, 1.165) is 18.4 Å². The van der Waals surface area contributed by atoms with Crippen LogP contribution >= 0.6 is 11.6 Å². The maximum absolute atomic E-state index is 9.87. The fraction of sp³-hybridized carbons (Fsp3) is 0.333. The Balaban J connectivity index is 1.76. The standard InChI is InChI=1S/C15H16ClN3O/c16-13-8-14(17-9-12(20)10-6-7-10)19-15(18-13)11-4-2-1-3-5-11/h1-5,8,10,12,20H,6-7,9H2,(H,17,18,19). The molecule has 0 spiro atoms. The first-order chi connectivity index (χ1) is 9.72. The molecule has 2 N–H and O–H groups in total. The molecule has 0 radical (unpaired) electrons. The van der Waals surface area contributed by atoms with Crippen LogP contribution in [0.3, 0.4) is 0 Å². The van der Waals surface area contributed by atoms with Crippen molar-refractivity contribution in [3.8, 4) is 11.4 Å². The Bertz CT molecular complexity index is 587. The molecule has 20 heavy (non-hydrogen) atoms. The van der Waals surface area contributed by atoms with Crippen LogP contribution in [0.15, 0.2) is 36.4 Å². The van der Waals surface area contributed by atoms with Gasteiger partial charge in [-0.1, -0.05) is 41.9 Å². The average Bonchev–Trinajstić information content (AvgIpc) is 3.30. The van der Waals surface area contributed by atoms with Gasteiger partial charge < -0.3 is 10.4 Å². The molecule has 0 saturated heterocycles. The number of nitrogens with one attached hydrogen (secondary N) is 1.